The molecule has 0 spiro atoms. The fourth-order valence-electron chi connectivity index (χ4n) is 0.570. The number of hydrogen-bond donors (Lipinski definition) is 4. The molecule has 0 amide bonds. The fourth-order valence-corrected chi connectivity index (χ4v) is 0.911. The molecule has 0 aromatic heterocycles. The topological polar surface area (TPSA) is 147 Å². The summed E-state index contributed by atoms with van der Waals surface area (Å²) in [5.41, 5.74) is 0. The van der Waals surface area contributed by atoms with Crippen LogP contribution in [0.4, 0.5) is 0 Å². The summed E-state index contributed by atoms with van der Waals surface area (Å²) in [5.74, 6) is -1.08. The molecule has 0 aliphatic carbocycles. The smallest absolute Gasteiger partial charge is 0.756 e. The minimum absolute atomic E-state index is 0. The minimum Gasteiger partial charge on any atom is -0.756 e. The zero-order valence-corrected chi connectivity index (χ0v) is 8.83. The van der Waals surface area contributed by atoms with E-state index in [0.717, 1.165) is 0 Å². The van der Waals surface area contributed by atoms with Crippen molar-refractivity contribution in [3.8, 4) is 0 Å². The molecule has 0 fully saturated rings. The van der Waals surface area contributed by atoms with Gasteiger partial charge in [-0.1, -0.05) is 0 Å². The predicted octanol–water partition coefficient (Wildman–Crippen LogP) is -6.25. The SMILES string of the molecule is O=C(CO)[C@@H](O)[C@H](O)COP(=O)([O-])O.[Li+]. The zero-order valence-electron chi connectivity index (χ0n) is 7.94. The first-order valence-corrected chi connectivity index (χ1v) is 4.95. The van der Waals surface area contributed by atoms with Gasteiger partial charge in [-0.2, -0.15) is 0 Å². The van der Waals surface area contributed by atoms with Crippen LogP contribution in [0.2, 0.25) is 0 Å². The Balaban J connectivity index is 0. The van der Waals surface area contributed by atoms with E-state index in [1.807, 2.05) is 0 Å². The summed E-state index contributed by atoms with van der Waals surface area (Å²) < 4.78 is 13.8. The Bertz CT molecular complexity index is 239. The van der Waals surface area contributed by atoms with Crippen LogP contribution >= 0.6 is 7.82 Å². The van der Waals surface area contributed by atoms with Gasteiger partial charge in [-0.05, 0) is 0 Å². The second-order valence-corrected chi connectivity index (χ2v) is 3.60. The first-order chi connectivity index (χ1) is 6.28. The number of aliphatic hydroxyl groups excluding tert-OH is 3. The van der Waals surface area contributed by atoms with Gasteiger partial charge in [0, 0.05) is 0 Å². The number of hydrogen-bond acceptors (Lipinski definition) is 7. The van der Waals surface area contributed by atoms with Gasteiger partial charge in [0.15, 0.2) is 5.78 Å². The monoisotopic (exact) mass is 236 g/mol. The largest absolute Gasteiger partial charge is 1.00 e. The molecule has 0 radical (unpaired) electrons. The Morgan fingerprint density at radius 2 is 1.93 bits per heavy atom. The molecule has 0 aromatic rings. The number of Topliss-reactive ketones (excluding diaryl/α,β-unsaturated/α-hetero) is 1. The molecule has 0 rings (SSSR count). The standard InChI is InChI=1S/C5H11O8P.Li/c6-1-3(7)5(9)4(8)2-13-14(10,11)12;/h4-6,8-9H,1-2H2,(H2,10,11,12);/q;+1/p-1/t4-,5-;/m1./s1. The number of ketones is 1. The summed E-state index contributed by atoms with van der Waals surface area (Å²) >= 11 is 0. The first-order valence-electron chi connectivity index (χ1n) is 3.46. The molecular weight excluding hydrogens is 226 g/mol. The molecule has 0 saturated heterocycles. The summed E-state index contributed by atoms with van der Waals surface area (Å²) in [5, 5.41) is 26.0. The van der Waals surface area contributed by atoms with Crippen LogP contribution in [0.1, 0.15) is 0 Å². The van der Waals surface area contributed by atoms with E-state index in [-0.39, 0.29) is 18.9 Å². The van der Waals surface area contributed by atoms with Crippen molar-refractivity contribution in [2.75, 3.05) is 13.2 Å². The van der Waals surface area contributed by atoms with E-state index in [0.29, 0.717) is 0 Å². The van der Waals surface area contributed by atoms with Gasteiger partial charge in [-0.25, -0.2) is 0 Å². The summed E-state index contributed by atoms with van der Waals surface area (Å²) in [6.07, 6.45) is -3.78. The third-order valence-electron chi connectivity index (χ3n) is 1.26. The molecule has 0 aliphatic rings. The summed E-state index contributed by atoms with van der Waals surface area (Å²) in [7, 11) is -4.99. The molecule has 3 atom stereocenters. The van der Waals surface area contributed by atoms with Crippen molar-refractivity contribution in [1.29, 1.82) is 0 Å². The van der Waals surface area contributed by atoms with Crippen LogP contribution in [0.15, 0.2) is 0 Å². The Morgan fingerprint density at radius 1 is 1.47 bits per heavy atom. The molecule has 4 N–H and O–H groups in total. The molecule has 0 saturated carbocycles. The summed E-state index contributed by atoms with van der Waals surface area (Å²) in [6.45, 7) is -1.96. The molecule has 10 heteroatoms. The zero-order chi connectivity index (χ0) is 11.4. The van der Waals surface area contributed by atoms with Gasteiger partial charge < -0.3 is 29.6 Å². The number of carbonyl (C=O) groups excluding carboxylic acids is 1. The third kappa shape index (κ3) is 8.10. The predicted molar refractivity (Wildman–Crippen MR) is 39.9 cm³/mol. The normalized spacial score (nSPS) is 18.5. The molecule has 0 aliphatic heterocycles. The Hall–Kier alpha value is 0.257. The summed E-state index contributed by atoms with van der Waals surface area (Å²) in [6, 6.07) is 0. The quantitative estimate of drug-likeness (QED) is 0.263. The van der Waals surface area contributed by atoms with Gasteiger partial charge >= 0.3 is 18.9 Å². The maximum atomic E-state index is 10.6. The number of rotatable bonds is 6. The molecule has 84 valence electrons. The van der Waals surface area contributed by atoms with Crippen molar-refractivity contribution in [1.82, 2.24) is 0 Å². The van der Waals surface area contributed by atoms with Gasteiger partial charge in [0.25, 0.3) is 7.82 Å². The third-order valence-corrected chi connectivity index (χ3v) is 1.73. The second-order valence-electron chi connectivity index (χ2n) is 2.40. The Morgan fingerprint density at radius 3 is 2.27 bits per heavy atom. The fraction of sp³-hybridized carbons (Fsp3) is 0.800. The summed E-state index contributed by atoms with van der Waals surface area (Å²) in [4.78, 5) is 28.7. The average molecular weight is 236 g/mol. The van der Waals surface area contributed by atoms with Crippen molar-refractivity contribution < 1.29 is 57.9 Å². The van der Waals surface area contributed by atoms with Crippen molar-refractivity contribution in [3.63, 3.8) is 0 Å². The van der Waals surface area contributed by atoms with Crippen molar-refractivity contribution in [3.05, 3.63) is 0 Å². The van der Waals surface area contributed by atoms with Crippen LogP contribution in [0.3, 0.4) is 0 Å². The van der Waals surface area contributed by atoms with E-state index in [1.165, 1.54) is 0 Å². The second kappa shape index (κ2) is 7.52. The van der Waals surface area contributed by atoms with Crippen molar-refractivity contribution >= 4 is 13.6 Å². The van der Waals surface area contributed by atoms with Gasteiger partial charge in [-0.15, -0.1) is 0 Å². The first kappa shape index (κ1) is 17.6. The number of phosphoric ester groups is 1. The minimum atomic E-state index is -4.99. The van der Waals surface area contributed by atoms with E-state index in [4.69, 9.17) is 20.2 Å². The van der Waals surface area contributed by atoms with E-state index in [2.05, 4.69) is 4.52 Å². The maximum Gasteiger partial charge on any atom is 1.00 e. The van der Waals surface area contributed by atoms with E-state index < -0.39 is 39.0 Å². The molecule has 0 aromatic carbocycles. The van der Waals surface area contributed by atoms with Crippen LogP contribution in [0.25, 0.3) is 0 Å². The van der Waals surface area contributed by atoms with Crippen LogP contribution < -0.4 is 23.8 Å². The molecular formula is C5H10LiO8P. The van der Waals surface area contributed by atoms with Crippen LogP contribution in [0.5, 0.6) is 0 Å². The van der Waals surface area contributed by atoms with Gasteiger partial charge in [0.05, 0.1) is 6.61 Å². The number of carbonyl (C=O) groups is 1. The van der Waals surface area contributed by atoms with E-state index >= 15 is 0 Å². The van der Waals surface area contributed by atoms with Crippen LogP contribution in [-0.4, -0.2) is 51.4 Å². The maximum absolute atomic E-state index is 10.6. The Kier molecular flexibility index (Phi) is 8.84. The van der Waals surface area contributed by atoms with Gasteiger partial charge in [0.2, 0.25) is 0 Å². The van der Waals surface area contributed by atoms with Crippen molar-refractivity contribution in [2.45, 2.75) is 12.2 Å². The average Bonchev–Trinajstić information content (AvgIpc) is 2.10. The van der Waals surface area contributed by atoms with Gasteiger partial charge in [0.1, 0.15) is 18.8 Å². The molecule has 0 heterocycles. The van der Waals surface area contributed by atoms with Crippen LogP contribution in [-0.2, 0) is 13.9 Å². The molecule has 1 unspecified atom stereocenters. The van der Waals surface area contributed by atoms with Crippen molar-refractivity contribution in [2.24, 2.45) is 0 Å². The molecule has 0 bridgehead atoms. The van der Waals surface area contributed by atoms with E-state index in [1.54, 1.807) is 0 Å². The molecule has 8 nitrogen and oxygen atoms in total. The molecule has 15 heavy (non-hydrogen) atoms. The number of aliphatic hydroxyl groups is 3. The van der Waals surface area contributed by atoms with Gasteiger partial charge in [-0.3, -0.25) is 9.36 Å². The van der Waals surface area contributed by atoms with E-state index in [9.17, 15) is 14.3 Å². The Labute approximate surface area is 97.3 Å². The van der Waals surface area contributed by atoms with Crippen LogP contribution in [0, 0.1) is 0 Å². The number of phosphoric acid groups is 1.